The second-order valence-electron chi connectivity index (χ2n) is 6.88. The van der Waals surface area contributed by atoms with Gasteiger partial charge >= 0.3 is 6.09 Å². The quantitative estimate of drug-likeness (QED) is 0.482. The molecule has 0 aliphatic heterocycles. The first-order chi connectivity index (χ1) is 13.6. The summed E-state index contributed by atoms with van der Waals surface area (Å²) < 4.78 is 5.33. The summed E-state index contributed by atoms with van der Waals surface area (Å²) in [6, 6.07) is 6.96. The average Bonchev–Trinajstić information content (AvgIpc) is 2.69. The topological polar surface area (TPSA) is 77.8 Å². The number of rotatable bonds is 8. The molecule has 0 aliphatic rings. The number of ether oxygens (including phenoxy) is 1. The zero-order valence-electron chi connectivity index (χ0n) is 18.8. The largest absolute Gasteiger partial charge is 0.444 e. The highest BCUT2D eigenvalue weighted by molar-refractivity contribution is 5.99. The molecule has 1 rings (SSSR count). The third-order valence-electron chi connectivity index (χ3n) is 3.70. The molecular formula is C21H35N5O3. The normalized spacial score (nSPS) is 10.2. The zero-order valence-corrected chi connectivity index (χ0v) is 18.8. The van der Waals surface area contributed by atoms with Gasteiger partial charge in [0.2, 0.25) is 0 Å². The summed E-state index contributed by atoms with van der Waals surface area (Å²) in [4.78, 5) is 28.2. The summed E-state index contributed by atoms with van der Waals surface area (Å²) in [7, 11) is 1.64. The van der Waals surface area contributed by atoms with Crippen LogP contribution in [0.2, 0.25) is 0 Å². The maximum Gasteiger partial charge on any atom is 0.410 e. The first-order valence-corrected chi connectivity index (χ1v) is 9.70. The van der Waals surface area contributed by atoms with Crippen LogP contribution in [0.5, 0.6) is 0 Å². The van der Waals surface area contributed by atoms with E-state index in [-0.39, 0.29) is 5.91 Å². The molecule has 0 aliphatic carbocycles. The molecule has 8 nitrogen and oxygen atoms in total. The lowest BCUT2D eigenvalue weighted by Crippen LogP contribution is -2.41. The molecule has 1 aromatic rings. The Kier molecular flexibility index (Phi) is 11.3. The predicted molar refractivity (Wildman–Crippen MR) is 120 cm³/mol. The molecular weight excluding hydrogens is 370 g/mol. The van der Waals surface area contributed by atoms with Crippen LogP contribution in [0.25, 0.3) is 0 Å². The van der Waals surface area contributed by atoms with Crippen molar-refractivity contribution in [2.75, 3.05) is 31.8 Å². The van der Waals surface area contributed by atoms with E-state index < -0.39 is 11.7 Å². The second kappa shape index (κ2) is 12.5. The summed E-state index contributed by atoms with van der Waals surface area (Å²) in [5.41, 5.74) is 0.356. The van der Waals surface area contributed by atoms with Crippen LogP contribution >= 0.6 is 0 Å². The Labute approximate surface area is 174 Å². The number of likely N-dealkylation sites (N-methyl/N-ethyl adjacent to an activating group) is 2. The molecule has 2 amide bonds. The molecule has 0 spiro atoms. The Hall–Kier alpha value is -2.90. The standard InChI is InChI=1S/C19H29N5O3.C2H6/c1-8-23(14-13-22(7)18(26)27-19(2,3)4)17(25)15-11-9-10-12-16(15)24(20-5)21-6;1-2/h9-12H,5-6,8,13-14H2,1-4,7H3;1-2H3. The van der Waals surface area contributed by atoms with Crippen LogP contribution in [0.1, 0.15) is 51.9 Å². The fourth-order valence-corrected chi connectivity index (χ4v) is 2.30. The number of hydrazone groups is 2. The Morgan fingerprint density at radius 3 is 2.10 bits per heavy atom. The lowest BCUT2D eigenvalue weighted by Gasteiger charge is -2.28. The third kappa shape index (κ3) is 8.33. The van der Waals surface area contributed by atoms with Gasteiger partial charge in [-0.05, 0) is 39.8 Å². The van der Waals surface area contributed by atoms with Gasteiger partial charge in [-0.2, -0.15) is 15.3 Å². The van der Waals surface area contributed by atoms with Crippen molar-refractivity contribution in [2.24, 2.45) is 10.2 Å². The van der Waals surface area contributed by atoms with Gasteiger partial charge < -0.3 is 14.5 Å². The van der Waals surface area contributed by atoms with Gasteiger partial charge in [-0.1, -0.05) is 26.0 Å². The van der Waals surface area contributed by atoms with E-state index in [2.05, 4.69) is 23.6 Å². The van der Waals surface area contributed by atoms with Gasteiger partial charge in [0.15, 0.2) is 0 Å². The molecule has 0 atom stereocenters. The molecule has 0 aromatic heterocycles. The summed E-state index contributed by atoms with van der Waals surface area (Å²) in [6.45, 7) is 19.4. The highest BCUT2D eigenvalue weighted by Gasteiger charge is 2.23. The number of carbonyl (C=O) groups is 2. The van der Waals surface area contributed by atoms with Gasteiger partial charge in [-0.15, -0.1) is 0 Å². The van der Waals surface area contributed by atoms with Crippen molar-refractivity contribution in [3.05, 3.63) is 29.8 Å². The number of amides is 2. The molecule has 0 N–H and O–H groups in total. The van der Waals surface area contributed by atoms with Crippen LogP contribution in [0.3, 0.4) is 0 Å². The minimum absolute atomic E-state index is 0.192. The minimum atomic E-state index is -0.566. The number of benzene rings is 1. The maximum atomic E-state index is 13.0. The lowest BCUT2D eigenvalue weighted by molar-refractivity contribution is 0.0279. The fraction of sp³-hybridized carbons (Fsp3) is 0.524. The molecule has 0 heterocycles. The van der Waals surface area contributed by atoms with Crippen molar-refractivity contribution in [1.82, 2.24) is 9.80 Å². The number of nitrogens with zero attached hydrogens (tertiary/aromatic N) is 5. The predicted octanol–water partition coefficient (Wildman–Crippen LogP) is 4.08. The van der Waals surface area contributed by atoms with Gasteiger partial charge in [-0.25, -0.2) is 4.79 Å². The maximum absolute atomic E-state index is 13.0. The van der Waals surface area contributed by atoms with Gasteiger partial charge in [0.05, 0.1) is 11.3 Å². The SMILES string of the molecule is C=NN(N=C)c1ccccc1C(=O)N(CC)CCN(C)C(=O)OC(C)(C)C.CC. The van der Waals surface area contributed by atoms with Crippen molar-refractivity contribution in [2.45, 2.75) is 47.1 Å². The van der Waals surface area contributed by atoms with Crippen LogP contribution in [-0.2, 0) is 4.74 Å². The number of anilines is 1. The molecule has 0 saturated heterocycles. The molecule has 29 heavy (non-hydrogen) atoms. The van der Waals surface area contributed by atoms with Crippen LogP contribution in [0, 0.1) is 0 Å². The van der Waals surface area contributed by atoms with Gasteiger partial charge in [0, 0.05) is 40.1 Å². The number of carbonyl (C=O) groups excluding carboxylic acids is 2. The van der Waals surface area contributed by atoms with Crippen molar-refractivity contribution < 1.29 is 14.3 Å². The van der Waals surface area contributed by atoms with Crippen LogP contribution in [0.4, 0.5) is 10.5 Å². The van der Waals surface area contributed by atoms with E-state index >= 15 is 0 Å². The van der Waals surface area contributed by atoms with Crippen molar-refractivity contribution in [3.63, 3.8) is 0 Å². The smallest absolute Gasteiger partial charge is 0.410 e. The summed E-state index contributed by atoms with van der Waals surface area (Å²) in [5, 5.41) is 8.70. The lowest BCUT2D eigenvalue weighted by atomic mass is 10.1. The van der Waals surface area contributed by atoms with Gasteiger partial charge in [0.1, 0.15) is 5.60 Å². The first-order valence-electron chi connectivity index (χ1n) is 9.70. The van der Waals surface area contributed by atoms with Gasteiger partial charge in [0.25, 0.3) is 5.91 Å². The second-order valence-corrected chi connectivity index (χ2v) is 6.88. The molecule has 0 unspecified atom stereocenters. The third-order valence-corrected chi connectivity index (χ3v) is 3.70. The first kappa shape index (κ1) is 26.1. The zero-order chi connectivity index (χ0) is 22.6. The molecule has 0 bridgehead atoms. The van der Waals surface area contributed by atoms with E-state index in [1.165, 1.54) is 10.0 Å². The average molecular weight is 406 g/mol. The highest BCUT2D eigenvalue weighted by atomic mass is 16.6. The van der Waals surface area contributed by atoms with Crippen molar-refractivity contribution in [3.8, 4) is 0 Å². The molecule has 0 radical (unpaired) electrons. The molecule has 0 fully saturated rings. The van der Waals surface area contributed by atoms with E-state index in [1.54, 1.807) is 36.2 Å². The molecule has 1 aromatic carbocycles. The minimum Gasteiger partial charge on any atom is -0.444 e. The summed E-state index contributed by atoms with van der Waals surface area (Å²) in [5.74, 6) is -0.192. The van der Waals surface area contributed by atoms with E-state index in [0.29, 0.717) is 30.9 Å². The Morgan fingerprint density at radius 1 is 1.07 bits per heavy atom. The van der Waals surface area contributed by atoms with Crippen LogP contribution < -0.4 is 5.12 Å². The van der Waals surface area contributed by atoms with Crippen LogP contribution in [0.15, 0.2) is 34.5 Å². The molecule has 8 heteroatoms. The fourth-order valence-electron chi connectivity index (χ4n) is 2.30. The number of para-hydroxylation sites is 1. The van der Waals surface area contributed by atoms with E-state index in [1.807, 2.05) is 41.5 Å². The molecule has 162 valence electrons. The van der Waals surface area contributed by atoms with E-state index in [9.17, 15) is 9.59 Å². The Morgan fingerprint density at radius 2 is 1.62 bits per heavy atom. The van der Waals surface area contributed by atoms with Crippen LogP contribution in [-0.4, -0.2) is 67.5 Å². The molecule has 0 saturated carbocycles. The Balaban J connectivity index is 0.00000379. The number of hydrogen-bond acceptors (Lipinski definition) is 6. The summed E-state index contributed by atoms with van der Waals surface area (Å²) >= 11 is 0. The van der Waals surface area contributed by atoms with Gasteiger partial charge in [-0.3, -0.25) is 4.79 Å². The number of hydrogen-bond donors (Lipinski definition) is 0. The van der Waals surface area contributed by atoms with Crippen molar-refractivity contribution >= 4 is 31.1 Å². The van der Waals surface area contributed by atoms with E-state index in [0.717, 1.165) is 0 Å². The Bertz CT molecular complexity index is 677. The van der Waals surface area contributed by atoms with Crippen molar-refractivity contribution in [1.29, 1.82) is 0 Å². The van der Waals surface area contributed by atoms with E-state index in [4.69, 9.17) is 4.74 Å². The summed E-state index contributed by atoms with van der Waals surface area (Å²) in [6.07, 6.45) is -0.427. The monoisotopic (exact) mass is 405 g/mol. The highest BCUT2D eigenvalue weighted by Crippen LogP contribution is 2.22.